The van der Waals surface area contributed by atoms with E-state index in [4.69, 9.17) is 4.74 Å². The van der Waals surface area contributed by atoms with Crippen LogP contribution in [0.3, 0.4) is 0 Å². The van der Waals surface area contributed by atoms with E-state index >= 15 is 0 Å². The summed E-state index contributed by atoms with van der Waals surface area (Å²) in [6.45, 7) is 3.18. The van der Waals surface area contributed by atoms with Crippen molar-refractivity contribution in [2.45, 2.75) is 26.2 Å². The van der Waals surface area contributed by atoms with Crippen molar-refractivity contribution in [3.63, 3.8) is 0 Å². The Bertz CT molecular complexity index is 357. The smallest absolute Gasteiger partial charge is 0.189 e. The quantitative estimate of drug-likeness (QED) is 0.812. The highest BCUT2D eigenvalue weighted by Crippen LogP contribution is 2.22. The van der Waals surface area contributed by atoms with E-state index in [1.54, 1.807) is 0 Å². The summed E-state index contributed by atoms with van der Waals surface area (Å²) in [5.74, 6) is 1.89. The normalized spacial score (nSPS) is 14.6. The van der Waals surface area contributed by atoms with Crippen molar-refractivity contribution in [1.82, 2.24) is 5.32 Å². The molecule has 0 radical (unpaired) electrons. The van der Waals surface area contributed by atoms with Crippen molar-refractivity contribution in [2.75, 3.05) is 6.54 Å². The van der Waals surface area contributed by atoms with Crippen LogP contribution in [0.25, 0.3) is 0 Å². The van der Waals surface area contributed by atoms with Crippen LogP contribution in [-0.2, 0) is 6.42 Å². The van der Waals surface area contributed by atoms with Crippen LogP contribution in [0.2, 0.25) is 0 Å². The summed E-state index contributed by atoms with van der Waals surface area (Å²) in [5.41, 5.74) is 1.29. The second-order valence-electron chi connectivity index (χ2n) is 3.74. The zero-order valence-electron chi connectivity index (χ0n) is 9.12. The van der Waals surface area contributed by atoms with Gasteiger partial charge in [-0.25, -0.2) is 0 Å². The molecule has 1 aromatic rings. The van der Waals surface area contributed by atoms with Gasteiger partial charge in [0.25, 0.3) is 0 Å². The molecule has 2 nitrogen and oxygen atoms in total. The molecule has 15 heavy (non-hydrogen) atoms. The highest BCUT2D eigenvalue weighted by molar-refractivity contribution is 5.34. The summed E-state index contributed by atoms with van der Waals surface area (Å²) in [7, 11) is 0. The van der Waals surface area contributed by atoms with E-state index in [2.05, 4.69) is 30.4 Å². The second-order valence-corrected chi connectivity index (χ2v) is 3.74. The molecule has 2 heteroatoms. The molecule has 1 N–H and O–H groups in total. The van der Waals surface area contributed by atoms with Gasteiger partial charge in [0.15, 0.2) is 5.88 Å². The standard InChI is InChI=1S/C13H17NO/c1-2-6-11-7-3-4-8-12(11)15-13-9-5-10-14-13/h3-4,7-9,14H,2,5-6,10H2,1H3. The molecule has 1 aromatic carbocycles. The molecule has 0 fully saturated rings. The van der Waals surface area contributed by atoms with Gasteiger partial charge >= 0.3 is 0 Å². The Balaban J connectivity index is 2.12. The lowest BCUT2D eigenvalue weighted by Gasteiger charge is -2.11. The SMILES string of the molecule is CCCc1ccccc1OC1=CCCN1. The Morgan fingerprint density at radius 1 is 1.33 bits per heavy atom. The third-order valence-electron chi connectivity index (χ3n) is 2.49. The topological polar surface area (TPSA) is 21.3 Å². The molecule has 1 heterocycles. The molecule has 0 aromatic heterocycles. The summed E-state index contributed by atoms with van der Waals surface area (Å²) in [6, 6.07) is 8.25. The van der Waals surface area contributed by atoms with Gasteiger partial charge in [0, 0.05) is 6.54 Å². The molecule has 1 aliphatic rings. The summed E-state index contributed by atoms with van der Waals surface area (Å²) < 4.78 is 5.81. The van der Waals surface area contributed by atoms with Crippen molar-refractivity contribution in [2.24, 2.45) is 0 Å². The van der Waals surface area contributed by atoms with E-state index in [1.807, 2.05) is 12.1 Å². The molecule has 2 rings (SSSR count). The minimum absolute atomic E-state index is 0.901. The third-order valence-corrected chi connectivity index (χ3v) is 2.49. The van der Waals surface area contributed by atoms with Crippen molar-refractivity contribution >= 4 is 0 Å². The fourth-order valence-corrected chi connectivity index (χ4v) is 1.75. The fraction of sp³-hybridized carbons (Fsp3) is 0.385. The number of para-hydroxylation sites is 1. The zero-order valence-corrected chi connectivity index (χ0v) is 9.12. The van der Waals surface area contributed by atoms with Crippen LogP contribution in [0.1, 0.15) is 25.3 Å². The van der Waals surface area contributed by atoms with E-state index in [-0.39, 0.29) is 0 Å². The molecule has 0 saturated heterocycles. The van der Waals surface area contributed by atoms with Crippen LogP contribution in [0.4, 0.5) is 0 Å². The van der Waals surface area contributed by atoms with Gasteiger partial charge in [-0.1, -0.05) is 31.5 Å². The van der Waals surface area contributed by atoms with E-state index < -0.39 is 0 Å². The molecule has 1 aliphatic heterocycles. The zero-order chi connectivity index (χ0) is 10.5. The number of ether oxygens (including phenoxy) is 1. The number of nitrogens with one attached hydrogen (secondary N) is 1. The van der Waals surface area contributed by atoms with Gasteiger partial charge in [-0.05, 0) is 30.5 Å². The first-order valence-electron chi connectivity index (χ1n) is 5.60. The van der Waals surface area contributed by atoms with E-state index in [1.165, 1.54) is 5.56 Å². The molecule has 0 atom stereocenters. The van der Waals surface area contributed by atoms with Crippen LogP contribution < -0.4 is 10.1 Å². The summed E-state index contributed by atoms with van der Waals surface area (Å²) in [6.07, 6.45) is 5.38. The Morgan fingerprint density at radius 3 is 2.93 bits per heavy atom. The molecule has 80 valence electrons. The molecular weight excluding hydrogens is 186 g/mol. The predicted molar refractivity (Wildman–Crippen MR) is 61.8 cm³/mol. The number of hydrogen-bond donors (Lipinski definition) is 1. The maximum absolute atomic E-state index is 5.81. The molecular formula is C13H17NO. The van der Waals surface area contributed by atoms with E-state index in [9.17, 15) is 0 Å². The molecule has 0 unspecified atom stereocenters. The van der Waals surface area contributed by atoms with Crippen molar-refractivity contribution in [1.29, 1.82) is 0 Å². The van der Waals surface area contributed by atoms with Crippen molar-refractivity contribution in [3.8, 4) is 5.75 Å². The summed E-state index contributed by atoms with van der Waals surface area (Å²) >= 11 is 0. The first-order chi connectivity index (χ1) is 7.40. The minimum Gasteiger partial charge on any atom is -0.441 e. The maximum Gasteiger partial charge on any atom is 0.189 e. The van der Waals surface area contributed by atoms with Crippen LogP contribution in [0.5, 0.6) is 5.75 Å². The van der Waals surface area contributed by atoms with E-state index in [0.29, 0.717) is 0 Å². The number of aryl methyl sites for hydroxylation is 1. The Kier molecular flexibility index (Phi) is 3.28. The predicted octanol–water partition coefficient (Wildman–Crippen LogP) is 2.85. The van der Waals surface area contributed by atoms with Crippen LogP contribution in [-0.4, -0.2) is 6.54 Å². The highest BCUT2D eigenvalue weighted by atomic mass is 16.5. The van der Waals surface area contributed by atoms with Gasteiger partial charge < -0.3 is 10.1 Å². The van der Waals surface area contributed by atoms with Crippen LogP contribution >= 0.6 is 0 Å². The van der Waals surface area contributed by atoms with Gasteiger partial charge in [-0.15, -0.1) is 0 Å². The van der Waals surface area contributed by atoms with Crippen molar-refractivity contribution < 1.29 is 4.74 Å². The molecule has 0 bridgehead atoms. The largest absolute Gasteiger partial charge is 0.441 e. The van der Waals surface area contributed by atoms with Gasteiger partial charge in [-0.2, -0.15) is 0 Å². The number of hydrogen-bond acceptors (Lipinski definition) is 2. The van der Waals surface area contributed by atoms with Gasteiger partial charge in [0.1, 0.15) is 5.75 Å². The number of rotatable bonds is 4. The Morgan fingerprint density at radius 2 is 2.20 bits per heavy atom. The lowest BCUT2D eigenvalue weighted by Crippen LogP contribution is -2.13. The maximum atomic E-state index is 5.81. The Hall–Kier alpha value is -1.44. The average molecular weight is 203 g/mol. The lowest BCUT2D eigenvalue weighted by atomic mass is 10.1. The van der Waals surface area contributed by atoms with Crippen LogP contribution in [0.15, 0.2) is 36.2 Å². The van der Waals surface area contributed by atoms with Gasteiger partial charge in [0.2, 0.25) is 0 Å². The summed E-state index contributed by atoms with van der Waals surface area (Å²) in [5, 5.41) is 3.21. The lowest BCUT2D eigenvalue weighted by molar-refractivity contribution is 0.390. The third kappa shape index (κ3) is 2.52. The average Bonchev–Trinajstić information content (AvgIpc) is 2.74. The highest BCUT2D eigenvalue weighted by Gasteiger charge is 2.08. The van der Waals surface area contributed by atoms with Gasteiger partial charge in [-0.3, -0.25) is 0 Å². The molecule has 0 aliphatic carbocycles. The van der Waals surface area contributed by atoms with Crippen LogP contribution in [0, 0.1) is 0 Å². The summed E-state index contributed by atoms with van der Waals surface area (Å²) in [4.78, 5) is 0. The minimum atomic E-state index is 0.901. The second kappa shape index (κ2) is 4.87. The van der Waals surface area contributed by atoms with E-state index in [0.717, 1.165) is 37.4 Å². The first kappa shape index (κ1) is 10.1. The van der Waals surface area contributed by atoms with Crippen molar-refractivity contribution in [3.05, 3.63) is 41.8 Å². The first-order valence-corrected chi connectivity index (χ1v) is 5.60. The molecule has 0 amide bonds. The molecule has 0 saturated carbocycles. The fourth-order valence-electron chi connectivity index (χ4n) is 1.75. The monoisotopic (exact) mass is 203 g/mol. The Labute approximate surface area is 91.0 Å². The molecule has 0 spiro atoms. The number of benzene rings is 1. The van der Waals surface area contributed by atoms with Gasteiger partial charge in [0.05, 0.1) is 0 Å².